The second-order valence-corrected chi connectivity index (χ2v) is 8.88. The second-order valence-electron chi connectivity index (χ2n) is 8.47. The Morgan fingerprint density at radius 2 is 1.83 bits per heavy atom. The van der Waals surface area contributed by atoms with Crippen molar-refractivity contribution in [3.63, 3.8) is 0 Å². The Labute approximate surface area is 184 Å². The number of piperidine rings is 2. The summed E-state index contributed by atoms with van der Waals surface area (Å²) < 4.78 is 5.60. The van der Waals surface area contributed by atoms with E-state index in [1.165, 1.54) is 32.1 Å². The molecule has 2 saturated heterocycles. The Morgan fingerprint density at radius 3 is 2.53 bits per heavy atom. The van der Waals surface area contributed by atoms with E-state index in [9.17, 15) is 0 Å². The number of anilines is 3. The molecule has 2 fully saturated rings. The van der Waals surface area contributed by atoms with Crippen molar-refractivity contribution in [2.45, 2.75) is 52.5 Å². The molecule has 4 heterocycles. The zero-order chi connectivity index (χ0) is 20.9. The summed E-state index contributed by atoms with van der Waals surface area (Å²) in [6, 6.07) is 6.05. The van der Waals surface area contributed by atoms with E-state index in [2.05, 4.69) is 33.4 Å². The van der Waals surface area contributed by atoms with Crippen molar-refractivity contribution in [2.24, 2.45) is 5.92 Å². The van der Waals surface area contributed by atoms with E-state index in [0.29, 0.717) is 23.5 Å². The molecule has 2 aliphatic heterocycles. The average molecular weight is 429 g/mol. The van der Waals surface area contributed by atoms with Crippen LogP contribution in [0.15, 0.2) is 22.6 Å². The lowest BCUT2D eigenvalue weighted by atomic mass is 10.0. The van der Waals surface area contributed by atoms with E-state index >= 15 is 0 Å². The molecule has 4 rings (SSSR count). The monoisotopic (exact) mass is 428 g/mol. The molecule has 0 radical (unpaired) electrons. The highest BCUT2D eigenvalue weighted by Gasteiger charge is 2.21. The predicted octanol–water partition coefficient (Wildman–Crippen LogP) is 4.09. The Morgan fingerprint density at radius 1 is 1.10 bits per heavy atom. The predicted molar refractivity (Wildman–Crippen MR) is 125 cm³/mol. The van der Waals surface area contributed by atoms with Crippen LogP contribution in [-0.4, -0.2) is 41.3 Å². The number of aryl methyl sites for hydroxylation is 1. The number of nitrogens with one attached hydrogen (secondary N) is 2. The standard InChI is InChI=1S/C22H32N6OS/c1-16-7-6-12-28(15-16)20-13-19(27-10-4-3-5-11-27)24-21(25-20)26-22(30)23-14-18-9-8-17(2)29-18/h8-9,13,16H,3-7,10-12,14-15H2,1-2H3,(H2,23,24,25,26,30). The first-order chi connectivity index (χ1) is 14.6. The van der Waals surface area contributed by atoms with Gasteiger partial charge in [0.25, 0.3) is 0 Å². The SMILES string of the molecule is Cc1ccc(CNC(=S)Nc2nc(N3CCCCC3)cc(N3CCCC(C)C3)n2)o1. The van der Waals surface area contributed by atoms with Gasteiger partial charge in [0.05, 0.1) is 6.54 Å². The highest BCUT2D eigenvalue weighted by molar-refractivity contribution is 7.80. The highest BCUT2D eigenvalue weighted by Crippen LogP contribution is 2.27. The van der Waals surface area contributed by atoms with Gasteiger partial charge in [-0.25, -0.2) is 0 Å². The van der Waals surface area contributed by atoms with Crippen LogP contribution in [0.5, 0.6) is 0 Å². The summed E-state index contributed by atoms with van der Waals surface area (Å²) in [5.74, 6) is 4.96. The van der Waals surface area contributed by atoms with Crippen LogP contribution in [0.25, 0.3) is 0 Å². The summed E-state index contributed by atoms with van der Waals surface area (Å²) in [6.45, 7) is 8.95. The molecule has 0 aromatic carbocycles. The van der Waals surface area contributed by atoms with Gasteiger partial charge in [0.1, 0.15) is 23.2 Å². The maximum absolute atomic E-state index is 5.60. The Hall–Kier alpha value is -2.35. The summed E-state index contributed by atoms with van der Waals surface area (Å²) in [5.41, 5.74) is 0. The summed E-state index contributed by atoms with van der Waals surface area (Å²) in [7, 11) is 0. The van der Waals surface area contributed by atoms with Gasteiger partial charge in [-0.15, -0.1) is 0 Å². The molecule has 0 saturated carbocycles. The van der Waals surface area contributed by atoms with Gasteiger partial charge in [-0.2, -0.15) is 9.97 Å². The Balaban J connectivity index is 1.49. The van der Waals surface area contributed by atoms with Gasteiger partial charge in [0.15, 0.2) is 5.11 Å². The number of aromatic nitrogens is 2. The molecule has 7 nitrogen and oxygen atoms in total. The Kier molecular flexibility index (Phi) is 6.72. The normalized spacial score (nSPS) is 19.6. The van der Waals surface area contributed by atoms with Gasteiger partial charge in [0, 0.05) is 32.2 Å². The molecule has 2 aliphatic rings. The van der Waals surface area contributed by atoms with Crippen LogP contribution in [0.3, 0.4) is 0 Å². The van der Waals surface area contributed by atoms with Gasteiger partial charge in [0.2, 0.25) is 5.95 Å². The third-order valence-corrected chi connectivity index (χ3v) is 6.05. The van der Waals surface area contributed by atoms with Crippen molar-refractivity contribution in [1.82, 2.24) is 15.3 Å². The molecule has 0 amide bonds. The van der Waals surface area contributed by atoms with Crippen molar-refractivity contribution in [2.75, 3.05) is 41.3 Å². The number of nitrogens with zero attached hydrogens (tertiary/aromatic N) is 4. The van der Waals surface area contributed by atoms with Gasteiger partial charge < -0.3 is 24.9 Å². The summed E-state index contributed by atoms with van der Waals surface area (Å²) in [6.07, 6.45) is 6.21. The topological polar surface area (TPSA) is 69.5 Å². The van der Waals surface area contributed by atoms with Crippen molar-refractivity contribution in [3.8, 4) is 0 Å². The number of rotatable bonds is 5. The van der Waals surface area contributed by atoms with Crippen LogP contribution in [-0.2, 0) is 6.54 Å². The molecule has 0 bridgehead atoms. The highest BCUT2D eigenvalue weighted by atomic mass is 32.1. The molecule has 1 unspecified atom stereocenters. The molecule has 2 aromatic rings. The largest absolute Gasteiger partial charge is 0.465 e. The summed E-state index contributed by atoms with van der Waals surface area (Å²) in [5, 5.41) is 6.88. The molecule has 30 heavy (non-hydrogen) atoms. The van der Waals surface area contributed by atoms with Gasteiger partial charge in [-0.3, -0.25) is 0 Å². The summed E-state index contributed by atoms with van der Waals surface area (Å²) >= 11 is 5.49. The maximum atomic E-state index is 5.60. The van der Waals surface area contributed by atoms with Crippen molar-refractivity contribution in [1.29, 1.82) is 0 Å². The molecule has 1 atom stereocenters. The van der Waals surface area contributed by atoms with Gasteiger partial charge in [-0.05, 0) is 69.3 Å². The number of hydrogen-bond donors (Lipinski definition) is 2. The quantitative estimate of drug-likeness (QED) is 0.690. The molecule has 0 aliphatic carbocycles. The van der Waals surface area contributed by atoms with Crippen molar-refractivity contribution < 1.29 is 4.42 Å². The molecule has 162 valence electrons. The third kappa shape index (κ3) is 5.41. The molecule has 2 N–H and O–H groups in total. The van der Waals surface area contributed by atoms with Crippen molar-refractivity contribution in [3.05, 3.63) is 29.7 Å². The van der Waals surface area contributed by atoms with Crippen LogP contribution in [0, 0.1) is 12.8 Å². The second kappa shape index (κ2) is 9.64. The van der Waals surface area contributed by atoms with Crippen LogP contribution < -0.4 is 20.4 Å². The lowest BCUT2D eigenvalue weighted by molar-refractivity contribution is 0.444. The van der Waals surface area contributed by atoms with E-state index in [1.807, 2.05) is 19.1 Å². The molecular weight excluding hydrogens is 396 g/mol. The van der Waals surface area contributed by atoms with Crippen LogP contribution in [0.4, 0.5) is 17.6 Å². The molecular formula is C22H32N6OS. The fraction of sp³-hybridized carbons (Fsp3) is 0.591. The van der Waals surface area contributed by atoms with E-state index in [4.69, 9.17) is 26.6 Å². The lowest BCUT2D eigenvalue weighted by Gasteiger charge is -2.33. The van der Waals surface area contributed by atoms with E-state index in [0.717, 1.165) is 49.3 Å². The third-order valence-electron chi connectivity index (χ3n) is 5.80. The van der Waals surface area contributed by atoms with E-state index in [-0.39, 0.29) is 0 Å². The smallest absolute Gasteiger partial charge is 0.232 e. The van der Waals surface area contributed by atoms with Gasteiger partial charge >= 0.3 is 0 Å². The number of thiocarbonyl (C=S) groups is 1. The first kappa shape index (κ1) is 20.9. The number of hydrogen-bond acceptors (Lipinski definition) is 6. The number of furan rings is 1. The fourth-order valence-electron chi connectivity index (χ4n) is 4.22. The van der Waals surface area contributed by atoms with Crippen LogP contribution in [0.2, 0.25) is 0 Å². The van der Waals surface area contributed by atoms with E-state index in [1.54, 1.807) is 0 Å². The Bertz CT molecular complexity index is 863. The minimum atomic E-state index is 0.498. The zero-order valence-electron chi connectivity index (χ0n) is 18.0. The van der Waals surface area contributed by atoms with E-state index < -0.39 is 0 Å². The molecule has 2 aromatic heterocycles. The lowest BCUT2D eigenvalue weighted by Crippen LogP contribution is -2.36. The summed E-state index contributed by atoms with van der Waals surface area (Å²) in [4.78, 5) is 14.4. The molecule has 0 spiro atoms. The maximum Gasteiger partial charge on any atom is 0.232 e. The first-order valence-electron chi connectivity index (χ1n) is 11.1. The fourth-order valence-corrected chi connectivity index (χ4v) is 4.38. The van der Waals surface area contributed by atoms with Crippen LogP contribution >= 0.6 is 12.2 Å². The van der Waals surface area contributed by atoms with Crippen LogP contribution in [0.1, 0.15) is 50.5 Å². The average Bonchev–Trinajstić information content (AvgIpc) is 3.18. The van der Waals surface area contributed by atoms with Crippen molar-refractivity contribution >= 4 is 34.9 Å². The minimum absolute atomic E-state index is 0.498. The zero-order valence-corrected chi connectivity index (χ0v) is 18.8. The first-order valence-corrected chi connectivity index (χ1v) is 11.5. The minimum Gasteiger partial charge on any atom is -0.465 e. The van der Waals surface area contributed by atoms with Gasteiger partial charge in [-0.1, -0.05) is 6.92 Å². The molecule has 8 heteroatoms.